The number of aromatic nitrogens is 1. The van der Waals surface area contributed by atoms with Crippen molar-refractivity contribution in [3.05, 3.63) is 29.6 Å². The number of nitrogens with one attached hydrogen (secondary N) is 1. The molecule has 0 amide bonds. The molecule has 0 aliphatic heterocycles. The summed E-state index contributed by atoms with van der Waals surface area (Å²) in [6.07, 6.45) is 0. The van der Waals surface area contributed by atoms with Gasteiger partial charge in [-0.1, -0.05) is 12.1 Å². The van der Waals surface area contributed by atoms with Crippen LogP contribution in [-0.4, -0.2) is 25.1 Å². The maximum Gasteiger partial charge on any atom is 0.182 e. The zero-order chi connectivity index (χ0) is 13.0. The standard InChI is InChI=1S/C14H19N3S.BrH/c1-4-17(5-2)12-8-6-11(7-9-12)13-10-18-14(15-3)16-13;/h6-10H,4-5H2,1-3H3,(H,15,16);1H. The summed E-state index contributed by atoms with van der Waals surface area (Å²) in [6.45, 7) is 6.43. The van der Waals surface area contributed by atoms with E-state index in [-0.39, 0.29) is 17.0 Å². The van der Waals surface area contributed by atoms with Crippen molar-refractivity contribution in [3.8, 4) is 11.3 Å². The van der Waals surface area contributed by atoms with Crippen LogP contribution in [0.4, 0.5) is 10.8 Å². The minimum Gasteiger partial charge on any atom is -0.372 e. The predicted molar refractivity (Wildman–Crippen MR) is 91.0 cm³/mol. The van der Waals surface area contributed by atoms with Crippen LogP contribution in [0, 0.1) is 0 Å². The van der Waals surface area contributed by atoms with E-state index in [2.05, 4.69) is 58.7 Å². The first-order valence-electron chi connectivity index (χ1n) is 6.27. The molecule has 1 aromatic heterocycles. The summed E-state index contributed by atoms with van der Waals surface area (Å²) in [6, 6.07) is 8.62. The summed E-state index contributed by atoms with van der Waals surface area (Å²) in [5, 5.41) is 6.10. The van der Waals surface area contributed by atoms with Gasteiger partial charge in [0.25, 0.3) is 0 Å². The SMILES string of the molecule is Br.CCN(CC)c1ccc(-c2csc(NC)n2)cc1. The number of anilines is 2. The van der Waals surface area contributed by atoms with Gasteiger partial charge in [-0.3, -0.25) is 0 Å². The molecule has 0 aliphatic rings. The normalized spacial score (nSPS) is 9.84. The second-order valence-corrected chi connectivity index (χ2v) is 4.87. The van der Waals surface area contributed by atoms with Crippen LogP contribution >= 0.6 is 28.3 Å². The number of halogens is 1. The molecule has 0 saturated carbocycles. The van der Waals surface area contributed by atoms with E-state index < -0.39 is 0 Å². The Hall–Kier alpha value is -1.07. The third-order valence-corrected chi connectivity index (χ3v) is 3.87. The van der Waals surface area contributed by atoms with Crippen LogP contribution in [0.25, 0.3) is 11.3 Å². The summed E-state index contributed by atoms with van der Waals surface area (Å²) in [5.41, 5.74) is 3.48. The zero-order valence-electron chi connectivity index (χ0n) is 11.5. The molecule has 0 bridgehead atoms. The van der Waals surface area contributed by atoms with Gasteiger partial charge in [0.1, 0.15) is 0 Å². The first-order chi connectivity index (χ1) is 8.78. The van der Waals surface area contributed by atoms with Gasteiger partial charge in [-0.15, -0.1) is 28.3 Å². The zero-order valence-corrected chi connectivity index (χ0v) is 14.0. The van der Waals surface area contributed by atoms with Crippen LogP contribution in [-0.2, 0) is 0 Å². The van der Waals surface area contributed by atoms with Crippen molar-refractivity contribution in [3.63, 3.8) is 0 Å². The highest BCUT2D eigenvalue weighted by Crippen LogP contribution is 2.26. The minimum atomic E-state index is 0. The molecular weight excluding hydrogens is 322 g/mol. The maximum atomic E-state index is 4.51. The van der Waals surface area contributed by atoms with E-state index in [1.165, 1.54) is 11.3 Å². The first kappa shape index (κ1) is 16.0. The van der Waals surface area contributed by atoms with Gasteiger partial charge < -0.3 is 10.2 Å². The molecule has 1 heterocycles. The van der Waals surface area contributed by atoms with Gasteiger partial charge >= 0.3 is 0 Å². The Morgan fingerprint density at radius 1 is 1.16 bits per heavy atom. The van der Waals surface area contributed by atoms with E-state index in [4.69, 9.17) is 0 Å². The van der Waals surface area contributed by atoms with E-state index in [0.717, 1.165) is 23.9 Å². The van der Waals surface area contributed by atoms with Crippen molar-refractivity contribution in [2.45, 2.75) is 13.8 Å². The van der Waals surface area contributed by atoms with Crippen molar-refractivity contribution < 1.29 is 0 Å². The second-order valence-electron chi connectivity index (χ2n) is 4.01. The molecule has 3 nitrogen and oxygen atoms in total. The number of thiazole rings is 1. The van der Waals surface area contributed by atoms with Crippen LogP contribution in [0.3, 0.4) is 0 Å². The minimum absolute atomic E-state index is 0. The van der Waals surface area contributed by atoms with Gasteiger partial charge in [0.15, 0.2) is 5.13 Å². The molecule has 104 valence electrons. The van der Waals surface area contributed by atoms with Crippen LogP contribution in [0.5, 0.6) is 0 Å². The van der Waals surface area contributed by atoms with Gasteiger partial charge in [-0.25, -0.2) is 4.98 Å². The molecule has 19 heavy (non-hydrogen) atoms. The highest BCUT2D eigenvalue weighted by Gasteiger charge is 2.05. The summed E-state index contributed by atoms with van der Waals surface area (Å²) in [5.74, 6) is 0. The van der Waals surface area contributed by atoms with Crippen molar-refractivity contribution in [1.82, 2.24) is 4.98 Å². The fourth-order valence-corrected chi connectivity index (χ4v) is 2.63. The van der Waals surface area contributed by atoms with Crippen molar-refractivity contribution in [1.29, 1.82) is 0 Å². The lowest BCUT2D eigenvalue weighted by atomic mass is 10.1. The molecule has 5 heteroatoms. The van der Waals surface area contributed by atoms with Crippen molar-refractivity contribution in [2.24, 2.45) is 0 Å². The lowest BCUT2D eigenvalue weighted by Gasteiger charge is -2.20. The lowest BCUT2D eigenvalue weighted by molar-refractivity contribution is 0.866. The molecule has 0 fully saturated rings. The van der Waals surface area contributed by atoms with Crippen molar-refractivity contribution in [2.75, 3.05) is 30.4 Å². The third-order valence-electron chi connectivity index (χ3n) is 3.01. The molecule has 0 unspecified atom stereocenters. The largest absolute Gasteiger partial charge is 0.372 e. The second kappa shape index (κ2) is 7.50. The fourth-order valence-electron chi connectivity index (χ4n) is 1.95. The number of hydrogen-bond donors (Lipinski definition) is 1. The summed E-state index contributed by atoms with van der Waals surface area (Å²) >= 11 is 1.63. The molecular formula is C14H20BrN3S. The maximum absolute atomic E-state index is 4.51. The van der Waals surface area contributed by atoms with Crippen LogP contribution in [0.1, 0.15) is 13.8 Å². The molecule has 1 N–H and O–H groups in total. The van der Waals surface area contributed by atoms with E-state index in [9.17, 15) is 0 Å². The quantitative estimate of drug-likeness (QED) is 0.879. The monoisotopic (exact) mass is 341 g/mol. The molecule has 2 rings (SSSR count). The highest BCUT2D eigenvalue weighted by molar-refractivity contribution is 8.93. The fraction of sp³-hybridized carbons (Fsp3) is 0.357. The van der Waals surface area contributed by atoms with E-state index in [0.29, 0.717) is 0 Å². The van der Waals surface area contributed by atoms with Crippen LogP contribution in [0.2, 0.25) is 0 Å². The molecule has 0 spiro atoms. The first-order valence-corrected chi connectivity index (χ1v) is 7.15. The summed E-state index contributed by atoms with van der Waals surface area (Å²) < 4.78 is 0. The molecule has 2 aromatic rings. The molecule has 0 aliphatic carbocycles. The number of rotatable bonds is 5. The van der Waals surface area contributed by atoms with Gasteiger partial charge in [0.2, 0.25) is 0 Å². The van der Waals surface area contributed by atoms with E-state index >= 15 is 0 Å². The van der Waals surface area contributed by atoms with Gasteiger partial charge in [-0.2, -0.15) is 0 Å². The summed E-state index contributed by atoms with van der Waals surface area (Å²) in [4.78, 5) is 6.84. The van der Waals surface area contributed by atoms with Crippen LogP contribution < -0.4 is 10.2 Å². The number of benzene rings is 1. The van der Waals surface area contributed by atoms with E-state index in [1.54, 1.807) is 11.3 Å². The third kappa shape index (κ3) is 3.70. The number of hydrogen-bond acceptors (Lipinski definition) is 4. The Labute approximate surface area is 129 Å². The molecule has 1 aromatic carbocycles. The smallest absolute Gasteiger partial charge is 0.182 e. The molecule has 0 atom stereocenters. The Morgan fingerprint density at radius 3 is 2.26 bits per heavy atom. The van der Waals surface area contributed by atoms with Crippen molar-refractivity contribution >= 4 is 39.1 Å². The van der Waals surface area contributed by atoms with Gasteiger partial charge in [0.05, 0.1) is 5.69 Å². The average Bonchev–Trinajstić information content (AvgIpc) is 2.90. The average molecular weight is 342 g/mol. The number of nitrogens with zero attached hydrogens (tertiary/aromatic N) is 2. The van der Waals surface area contributed by atoms with E-state index in [1.807, 2.05) is 7.05 Å². The van der Waals surface area contributed by atoms with Gasteiger partial charge in [0, 0.05) is 36.8 Å². The molecule has 0 saturated heterocycles. The highest BCUT2D eigenvalue weighted by atomic mass is 79.9. The lowest BCUT2D eigenvalue weighted by Crippen LogP contribution is -2.21. The Bertz CT molecular complexity index is 492. The van der Waals surface area contributed by atoms with Crippen LogP contribution in [0.15, 0.2) is 29.6 Å². The predicted octanol–water partition coefficient (Wildman–Crippen LogP) is 4.28. The molecule has 0 radical (unpaired) electrons. The topological polar surface area (TPSA) is 28.2 Å². The Kier molecular flexibility index (Phi) is 6.31. The Morgan fingerprint density at radius 2 is 1.79 bits per heavy atom. The van der Waals surface area contributed by atoms with Gasteiger partial charge in [-0.05, 0) is 26.0 Å². The summed E-state index contributed by atoms with van der Waals surface area (Å²) in [7, 11) is 1.89. The Balaban J connectivity index is 0.00000180.